The molecule has 1 aromatic rings. The number of H-pyrrole nitrogens is 1. The number of imidazole rings is 1. The first-order valence-electron chi connectivity index (χ1n) is 6.61. The van der Waals surface area contributed by atoms with Crippen molar-refractivity contribution in [3.63, 3.8) is 0 Å². The lowest BCUT2D eigenvalue weighted by atomic mass is 10.00. The molecule has 2 N–H and O–H groups in total. The average Bonchev–Trinajstić information content (AvgIpc) is 2.89. The largest absolute Gasteiger partial charge is 0.396 e. The van der Waals surface area contributed by atoms with Gasteiger partial charge in [-0.15, -0.1) is 0 Å². The number of aromatic nitrogens is 2. The van der Waals surface area contributed by atoms with Gasteiger partial charge in [0.25, 0.3) is 10.0 Å². The fourth-order valence-corrected chi connectivity index (χ4v) is 3.60. The molecule has 0 saturated carbocycles. The third-order valence-corrected chi connectivity index (χ3v) is 5.38. The van der Waals surface area contributed by atoms with Gasteiger partial charge in [-0.3, -0.25) is 0 Å². The van der Waals surface area contributed by atoms with E-state index < -0.39 is 10.0 Å². The minimum atomic E-state index is -3.47. The molecule has 0 radical (unpaired) electrons. The normalized spacial score (nSPS) is 19.2. The lowest BCUT2D eigenvalue weighted by molar-refractivity contribution is 0.170. The molecule has 1 fully saturated rings. The van der Waals surface area contributed by atoms with Gasteiger partial charge in [-0.25, -0.2) is 13.4 Å². The Morgan fingerprint density at radius 2 is 2.11 bits per heavy atom. The SMILES string of the molecule is CC(C)c1ncc(S(=O)(=O)N2CCC(CO)CC2)[nH]1. The maximum Gasteiger partial charge on any atom is 0.260 e. The molecule has 1 aliphatic heterocycles. The lowest BCUT2D eigenvalue weighted by Crippen LogP contribution is -2.39. The van der Waals surface area contributed by atoms with Crippen molar-refractivity contribution >= 4 is 10.0 Å². The first kappa shape index (κ1) is 14.5. The molecule has 0 unspecified atom stereocenters. The second kappa shape index (κ2) is 5.60. The number of aromatic amines is 1. The first-order valence-corrected chi connectivity index (χ1v) is 8.05. The second-order valence-corrected chi connectivity index (χ2v) is 7.22. The predicted octanol–water partition coefficient (Wildman–Crippen LogP) is 0.926. The third-order valence-electron chi connectivity index (χ3n) is 3.57. The Balaban J connectivity index is 2.13. The standard InChI is InChI=1S/C12H21N3O3S/c1-9(2)12-13-7-11(14-12)19(17,18)15-5-3-10(8-16)4-6-15/h7,9-10,16H,3-6,8H2,1-2H3,(H,13,14). The van der Waals surface area contributed by atoms with Crippen LogP contribution >= 0.6 is 0 Å². The summed E-state index contributed by atoms with van der Waals surface area (Å²) in [7, 11) is -3.47. The Bertz CT molecular complexity index is 516. The molecule has 2 rings (SSSR count). The van der Waals surface area contributed by atoms with Crippen LogP contribution in [0.15, 0.2) is 11.2 Å². The fourth-order valence-electron chi connectivity index (χ4n) is 2.21. The summed E-state index contributed by atoms with van der Waals surface area (Å²) in [4.78, 5) is 6.99. The van der Waals surface area contributed by atoms with Crippen molar-refractivity contribution in [1.82, 2.24) is 14.3 Å². The summed E-state index contributed by atoms with van der Waals surface area (Å²) in [5.74, 6) is 1.08. The van der Waals surface area contributed by atoms with Crippen molar-refractivity contribution in [2.75, 3.05) is 19.7 Å². The zero-order chi connectivity index (χ0) is 14.0. The van der Waals surface area contributed by atoms with Crippen LogP contribution in [0.1, 0.15) is 38.4 Å². The number of rotatable bonds is 4. The topological polar surface area (TPSA) is 86.3 Å². The minimum absolute atomic E-state index is 0.134. The van der Waals surface area contributed by atoms with Crippen LogP contribution in [-0.4, -0.2) is 47.5 Å². The number of nitrogens with one attached hydrogen (secondary N) is 1. The second-order valence-electron chi connectivity index (χ2n) is 5.32. The number of aliphatic hydroxyl groups is 1. The van der Waals surface area contributed by atoms with Crippen molar-refractivity contribution in [3.8, 4) is 0 Å². The molecule has 108 valence electrons. The van der Waals surface area contributed by atoms with Crippen LogP contribution in [0.4, 0.5) is 0 Å². The highest BCUT2D eigenvalue weighted by atomic mass is 32.2. The van der Waals surface area contributed by atoms with Gasteiger partial charge in [0, 0.05) is 25.6 Å². The summed E-state index contributed by atoms with van der Waals surface area (Å²) in [5, 5.41) is 9.24. The van der Waals surface area contributed by atoms with E-state index in [1.165, 1.54) is 10.5 Å². The Labute approximate surface area is 113 Å². The van der Waals surface area contributed by atoms with Gasteiger partial charge in [-0.1, -0.05) is 13.8 Å². The monoisotopic (exact) mass is 287 g/mol. The molecule has 0 spiro atoms. The summed E-state index contributed by atoms with van der Waals surface area (Å²) in [6.45, 7) is 4.98. The minimum Gasteiger partial charge on any atom is -0.396 e. The molecule has 0 amide bonds. The fraction of sp³-hybridized carbons (Fsp3) is 0.750. The molecule has 0 aromatic carbocycles. The molecule has 6 nitrogen and oxygen atoms in total. The van der Waals surface area contributed by atoms with E-state index in [1.54, 1.807) is 0 Å². The van der Waals surface area contributed by atoms with Gasteiger partial charge in [-0.2, -0.15) is 4.31 Å². The zero-order valence-electron chi connectivity index (χ0n) is 11.3. The maximum absolute atomic E-state index is 12.4. The summed E-state index contributed by atoms with van der Waals surface area (Å²) in [5.41, 5.74) is 0. The van der Waals surface area contributed by atoms with Crippen LogP contribution < -0.4 is 0 Å². The molecular formula is C12H21N3O3S. The predicted molar refractivity (Wildman–Crippen MR) is 71.2 cm³/mol. The van der Waals surface area contributed by atoms with Crippen LogP contribution in [0, 0.1) is 5.92 Å². The van der Waals surface area contributed by atoms with Crippen molar-refractivity contribution < 1.29 is 13.5 Å². The molecule has 7 heteroatoms. The zero-order valence-corrected chi connectivity index (χ0v) is 12.2. The quantitative estimate of drug-likeness (QED) is 0.862. The van der Waals surface area contributed by atoms with Crippen molar-refractivity contribution in [1.29, 1.82) is 0 Å². The highest BCUT2D eigenvalue weighted by molar-refractivity contribution is 7.89. The Hall–Kier alpha value is -0.920. The molecule has 0 bridgehead atoms. The number of sulfonamides is 1. The number of hydrogen-bond acceptors (Lipinski definition) is 4. The van der Waals surface area contributed by atoms with Gasteiger partial charge in [0.15, 0.2) is 5.03 Å². The summed E-state index contributed by atoms with van der Waals surface area (Å²) in [6, 6.07) is 0. The van der Waals surface area contributed by atoms with E-state index in [4.69, 9.17) is 5.11 Å². The molecular weight excluding hydrogens is 266 g/mol. The van der Waals surface area contributed by atoms with Crippen LogP contribution in [0.25, 0.3) is 0 Å². The van der Waals surface area contributed by atoms with E-state index in [9.17, 15) is 8.42 Å². The van der Waals surface area contributed by atoms with Gasteiger partial charge < -0.3 is 10.1 Å². The molecule has 1 aliphatic rings. The lowest BCUT2D eigenvalue weighted by Gasteiger charge is -2.29. The molecule has 0 aliphatic carbocycles. The summed E-state index contributed by atoms with van der Waals surface area (Å²) < 4.78 is 26.3. The first-order chi connectivity index (χ1) is 8.95. The van der Waals surface area contributed by atoms with Gasteiger partial charge in [0.1, 0.15) is 5.82 Å². The van der Waals surface area contributed by atoms with E-state index in [0.29, 0.717) is 31.8 Å². The van der Waals surface area contributed by atoms with Gasteiger partial charge >= 0.3 is 0 Å². The highest BCUT2D eigenvalue weighted by Gasteiger charge is 2.30. The van der Waals surface area contributed by atoms with Gasteiger partial charge in [0.2, 0.25) is 0 Å². The Morgan fingerprint density at radius 3 is 2.58 bits per heavy atom. The Morgan fingerprint density at radius 1 is 1.47 bits per heavy atom. The van der Waals surface area contributed by atoms with Crippen LogP contribution in [-0.2, 0) is 10.0 Å². The van der Waals surface area contributed by atoms with Crippen molar-refractivity contribution in [3.05, 3.63) is 12.0 Å². The van der Waals surface area contributed by atoms with Crippen LogP contribution in [0.5, 0.6) is 0 Å². The average molecular weight is 287 g/mol. The maximum atomic E-state index is 12.4. The molecule has 2 heterocycles. The van der Waals surface area contributed by atoms with E-state index >= 15 is 0 Å². The molecule has 1 aromatic heterocycles. The third kappa shape index (κ3) is 2.98. The smallest absolute Gasteiger partial charge is 0.260 e. The van der Waals surface area contributed by atoms with Crippen LogP contribution in [0.2, 0.25) is 0 Å². The highest BCUT2D eigenvalue weighted by Crippen LogP contribution is 2.23. The number of piperidine rings is 1. The molecule has 1 saturated heterocycles. The van der Waals surface area contributed by atoms with E-state index in [0.717, 1.165) is 0 Å². The van der Waals surface area contributed by atoms with E-state index in [-0.39, 0.29) is 23.5 Å². The molecule has 0 atom stereocenters. The number of hydrogen-bond donors (Lipinski definition) is 2. The number of aliphatic hydroxyl groups excluding tert-OH is 1. The van der Waals surface area contributed by atoms with Gasteiger partial charge in [0.05, 0.1) is 6.20 Å². The number of nitrogens with zero attached hydrogens (tertiary/aromatic N) is 2. The summed E-state index contributed by atoms with van der Waals surface area (Å²) in [6.07, 6.45) is 2.81. The van der Waals surface area contributed by atoms with Crippen molar-refractivity contribution in [2.45, 2.75) is 37.6 Å². The van der Waals surface area contributed by atoms with E-state index in [2.05, 4.69) is 9.97 Å². The summed E-state index contributed by atoms with van der Waals surface area (Å²) >= 11 is 0. The Kier molecular flexibility index (Phi) is 4.27. The van der Waals surface area contributed by atoms with Gasteiger partial charge in [-0.05, 0) is 18.8 Å². The van der Waals surface area contributed by atoms with Crippen LogP contribution in [0.3, 0.4) is 0 Å². The van der Waals surface area contributed by atoms with E-state index in [1.807, 2.05) is 13.8 Å². The molecule has 19 heavy (non-hydrogen) atoms. The van der Waals surface area contributed by atoms with Crippen molar-refractivity contribution in [2.24, 2.45) is 5.92 Å².